The maximum atomic E-state index is 13.9. The first-order valence-electron chi connectivity index (χ1n) is 9.62. The fraction of sp³-hybridized carbons (Fsp3) is 0.400. The third-order valence-electron chi connectivity index (χ3n) is 5.53. The van der Waals surface area contributed by atoms with E-state index in [0.717, 1.165) is 44.9 Å². The van der Waals surface area contributed by atoms with E-state index in [4.69, 9.17) is 0 Å². The quantitative estimate of drug-likeness (QED) is 0.430. The van der Waals surface area contributed by atoms with Gasteiger partial charge >= 0.3 is 0 Å². The second kappa shape index (κ2) is 9.44. The maximum absolute atomic E-state index is 13.9. The lowest BCUT2D eigenvalue weighted by Gasteiger charge is -2.34. The minimum absolute atomic E-state index is 0.0538. The summed E-state index contributed by atoms with van der Waals surface area (Å²) in [7, 11) is 0. The highest BCUT2D eigenvalue weighted by Gasteiger charge is 2.35. The van der Waals surface area contributed by atoms with Gasteiger partial charge in [0.05, 0.1) is 25.9 Å². The van der Waals surface area contributed by atoms with E-state index < -0.39 is 0 Å². The van der Waals surface area contributed by atoms with Gasteiger partial charge in [-0.1, -0.05) is 23.4 Å². The van der Waals surface area contributed by atoms with Gasteiger partial charge in [0.15, 0.2) is 0 Å². The van der Waals surface area contributed by atoms with Crippen LogP contribution in [0.25, 0.3) is 0 Å². The average molecular weight is 560 g/mol. The lowest BCUT2D eigenvalue weighted by atomic mass is 10.1. The van der Waals surface area contributed by atoms with Gasteiger partial charge in [-0.15, -0.1) is 11.3 Å². The van der Waals surface area contributed by atoms with Crippen molar-refractivity contribution in [1.29, 1.82) is 0 Å². The molecule has 0 spiro atoms. The minimum Gasteiger partial charge on any atom is -0.411 e. The Kier molecular flexibility index (Phi) is 6.88. The monoisotopic (exact) mass is 558 g/mol. The number of oxime groups is 1. The van der Waals surface area contributed by atoms with Crippen LogP contribution < -0.4 is 5.32 Å². The third-order valence-corrected chi connectivity index (χ3v) is 8.11. The van der Waals surface area contributed by atoms with Crippen LogP contribution >= 0.6 is 43.2 Å². The molecule has 2 aromatic rings. The van der Waals surface area contributed by atoms with E-state index in [0.29, 0.717) is 30.8 Å². The standard InChI is InChI=1S/C20H21Br2FN4O2S/c21-19-17-14(9-15(25-29)18(17)20(22)30-19)24-16(28)11-27-7-5-26(6-8-27)10-12-3-1-2-4-13(12)23/h1-4,14,29H,5-11H2,(H,24,28)/b25-15+. The second-order valence-corrected chi connectivity index (χ2v) is 11.1. The summed E-state index contributed by atoms with van der Waals surface area (Å²) in [6.45, 7) is 4.00. The molecule has 0 bridgehead atoms. The predicted molar refractivity (Wildman–Crippen MR) is 122 cm³/mol. The number of fused-ring (bicyclic) bond motifs is 1. The number of hydrogen-bond donors (Lipinski definition) is 2. The summed E-state index contributed by atoms with van der Waals surface area (Å²) in [6.07, 6.45) is 0.466. The van der Waals surface area contributed by atoms with Crippen LogP contribution in [0.4, 0.5) is 4.39 Å². The van der Waals surface area contributed by atoms with E-state index in [1.807, 2.05) is 12.1 Å². The molecule has 0 saturated carbocycles. The minimum atomic E-state index is -0.210. The van der Waals surface area contributed by atoms with Gasteiger partial charge in [-0.3, -0.25) is 14.6 Å². The Labute approximate surface area is 195 Å². The summed E-state index contributed by atoms with van der Waals surface area (Å²) in [6, 6.07) is 6.64. The Hall–Kier alpha value is -1.33. The van der Waals surface area contributed by atoms with Crippen molar-refractivity contribution in [2.24, 2.45) is 5.16 Å². The number of amides is 1. The first-order valence-corrected chi connectivity index (χ1v) is 12.0. The molecule has 2 N–H and O–H groups in total. The Morgan fingerprint density at radius 3 is 2.60 bits per heavy atom. The fourth-order valence-electron chi connectivity index (χ4n) is 4.00. The van der Waals surface area contributed by atoms with Crippen LogP contribution in [-0.2, 0) is 11.3 Å². The van der Waals surface area contributed by atoms with Crippen LogP contribution in [0.1, 0.15) is 29.2 Å². The number of carbonyl (C=O) groups excluding carboxylic acids is 1. The molecule has 30 heavy (non-hydrogen) atoms. The maximum Gasteiger partial charge on any atom is 0.234 e. The molecule has 6 nitrogen and oxygen atoms in total. The second-order valence-electron chi connectivity index (χ2n) is 7.45. The Morgan fingerprint density at radius 1 is 1.20 bits per heavy atom. The lowest BCUT2D eigenvalue weighted by molar-refractivity contribution is -0.123. The molecule has 1 aromatic heterocycles. The van der Waals surface area contributed by atoms with Crippen LogP contribution in [0.5, 0.6) is 0 Å². The molecule has 1 aliphatic heterocycles. The van der Waals surface area contributed by atoms with Gasteiger partial charge in [0, 0.05) is 55.8 Å². The molecule has 2 aliphatic rings. The highest BCUT2D eigenvalue weighted by atomic mass is 79.9. The SMILES string of the molecule is O=C(CN1CCN(Cc2ccccc2F)CC1)NC1C/C(=N\O)c2c(Br)sc(Br)c21. The summed E-state index contributed by atoms with van der Waals surface area (Å²) in [5.41, 5.74) is 3.10. The molecular weight excluding hydrogens is 539 g/mol. The van der Waals surface area contributed by atoms with Crippen LogP contribution in [-0.4, -0.2) is 59.3 Å². The zero-order valence-electron chi connectivity index (χ0n) is 16.1. The number of nitrogens with one attached hydrogen (secondary N) is 1. The molecule has 160 valence electrons. The van der Waals surface area contributed by atoms with Crippen molar-refractivity contribution in [3.05, 3.63) is 54.3 Å². The first-order chi connectivity index (χ1) is 14.5. The first kappa shape index (κ1) is 21.9. The Balaban J connectivity index is 1.30. The summed E-state index contributed by atoms with van der Waals surface area (Å²) in [5.74, 6) is -0.228. The Bertz CT molecular complexity index is 976. The number of rotatable bonds is 5. The molecule has 1 saturated heterocycles. The molecule has 1 unspecified atom stereocenters. The van der Waals surface area contributed by atoms with E-state index in [-0.39, 0.29) is 17.8 Å². The molecule has 4 rings (SSSR count). The highest BCUT2D eigenvalue weighted by Crippen LogP contribution is 2.46. The molecule has 2 heterocycles. The van der Waals surface area contributed by atoms with Gasteiger partial charge in [-0.25, -0.2) is 4.39 Å². The van der Waals surface area contributed by atoms with E-state index >= 15 is 0 Å². The third kappa shape index (κ3) is 4.62. The molecule has 1 aromatic carbocycles. The molecule has 0 radical (unpaired) electrons. The topological polar surface area (TPSA) is 68.2 Å². The van der Waals surface area contributed by atoms with Crippen molar-refractivity contribution in [2.75, 3.05) is 32.7 Å². The average Bonchev–Trinajstić information content (AvgIpc) is 3.23. The number of halogens is 3. The fourth-order valence-corrected chi connectivity index (χ4v) is 7.38. The van der Waals surface area contributed by atoms with E-state index in [9.17, 15) is 14.4 Å². The van der Waals surface area contributed by atoms with Gasteiger partial charge in [-0.05, 0) is 37.9 Å². The van der Waals surface area contributed by atoms with Crippen LogP contribution in [0.3, 0.4) is 0 Å². The molecule has 10 heteroatoms. The summed E-state index contributed by atoms with van der Waals surface area (Å²) in [5, 5.41) is 15.8. The molecular formula is C20H21Br2FN4O2S. The normalized spacial score (nSPS) is 21.2. The number of thiophene rings is 1. The number of hydrogen-bond acceptors (Lipinski definition) is 6. The summed E-state index contributed by atoms with van der Waals surface area (Å²) >= 11 is 8.56. The largest absolute Gasteiger partial charge is 0.411 e. The summed E-state index contributed by atoms with van der Waals surface area (Å²) < 4.78 is 15.7. The number of piperazine rings is 1. The van der Waals surface area contributed by atoms with Crippen molar-refractivity contribution < 1.29 is 14.4 Å². The molecule has 1 aliphatic carbocycles. The van der Waals surface area contributed by atoms with Gasteiger partial charge in [0.25, 0.3) is 0 Å². The number of benzene rings is 1. The van der Waals surface area contributed by atoms with Crippen molar-refractivity contribution in [3.63, 3.8) is 0 Å². The lowest BCUT2D eigenvalue weighted by Crippen LogP contribution is -2.49. The van der Waals surface area contributed by atoms with Gasteiger partial charge < -0.3 is 10.5 Å². The van der Waals surface area contributed by atoms with E-state index in [1.165, 1.54) is 17.4 Å². The zero-order valence-corrected chi connectivity index (χ0v) is 20.1. The van der Waals surface area contributed by atoms with Crippen LogP contribution in [0.2, 0.25) is 0 Å². The van der Waals surface area contributed by atoms with Crippen LogP contribution in [0, 0.1) is 5.82 Å². The molecule has 1 amide bonds. The van der Waals surface area contributed by atoms with Crippen molar-refractivity contribution in [1.82, 2.24) is 15.1 Å². The highest BCUT2D eigenvalue weighted by molar-refractivity contribution is 9.12. The van der Waals surface area contributed by atoms with Crippen molar-refractivity contribution in [3.8, 4) is 0 Å². The Morgan fingerprint density at radius 2 is 1.90 bits per heavy atom. The smallest absolute Gasteiger partial charge is 0.234 e. The number of nitrogens with zero attached hydrogens (tertiary/aromatic N) is 3. The van der Waals surface area contributed by atoms with E-state index in [2.05, 4.69) is 52.1 Å². The summed E-state index contributed by atoms with van der Waals surface area (Å²) in [4.78, 5) is 17.0. The van der Waals surface area contributed by atoms with Crippen molar-refractivity contribution in [2.45, 2.75) is 19.0 Å². The number of carbonyl (C=O) groups is 1. The predicted octanol–water partition coefficient (Wildman–Crippen LogP) is 3.97. The van der Waals surface area contributed by atoms with Gasteiger partial charge in [0.2, 0.25) is 5.91 Å². The molecule has 1 atom stereocenters. The van der Waals surface area contributed by atoms with Crippen LogP contribution in [0.15, 0.2) is 37.0 Å². The zero-order chi connectivity index (χ0) is 21.3. The van der Waals surface area contributed by atoms with E-state index in [1.54, 1.807) is 6.07 Å². The molecule has 1 fully saturated rings. The van der Waals surface area contributed by atoms with Gasteiger partial charge in [0.1, 0.15) is 5.82 Å². The van der Waals surface area contributed by atoms with Gasteiger partial charge in [-0.2, -0.15) is 0 Å². The van der Waals surface area contributed by atoms with Crippen molar-refractivity contribution >= 4 is 54.8 Å².